The van der Waals surface area contributed by atoms with Gasteiger partial charge in [-0.25, -0.2) is 0 Å². The van der Waals surface area contributed by atoms with Crippen molar-refractivity contribution in [1.82, 2.24) is 20.4 Å². The number of piperidine rings is 1. The summed E-state index contributed by atoms with van der Waals surface area (Å²) in [4.78, 5) is 30.6. The van der Waals surface area contributed by atoms with E-state index in [1.54, 1.807) is 0 Å². The molecule has 2 rings (SSSR count). The third kappa shape index (κ3) is 6.61. The van der Waals surface area contributed by atoms with Gasteiger partial charge in [-0.2, -0.15) is 4.98 Å². The van der Waals surface area contributed by atoms with Crippen molar-refractivity contribution in [1.29, 1.82) is 0 Å². The summed E-state index contributed by atoms with van der Waals surface area (Å²) >= 11 is 0. The van der Waals surface area contributed by atoms with Crippen molar-refractivity contribution in [3.63, 3.8) is 0 Å². The van der Waals surface area contributed by atoms with Crippen LogP contribution in [0.4, 0.5) is 0 Å². The molecule has 3 N–H and O–H groups in total. The summed E-state index contributed by atoms with van der Waals surface area (Å²) in [6, 6.07) is 0.0730. The monoisotopic (exact) mass is 379 g/mol. The number of nitrogens with two attached hydrogens (primary N) is 1. The highest BCUT2D eigenvalue weighted by Crippen LogP contribution is 2.20. The minimum Gasteiger partial charge on any atom is -0.354 e. The number of hydrogen-bond acceptors (Lipinski definition) is 6. The van der Waals surface area contributed by atoms with Gasteiger partial charge < -0.3 is 20.5 Å². The van der Waals surface area contributed by atoms with Crippen LogP contribution in [-0.4, -0.2) is 52.5 Å². The van der Waals surface area contributed by atoms with Crippen molar-refractivity contribution in [2.45, 2.75) is 77.2 Å². The van der Waals surface area contributed by atoms with Crippen LogP contribution >= 0.6 is 0 Å². The zero-order valence-corrected chi connectivity index (χ0v) is 16.8. The van der Waals surface area contributed by atoms with E-state index in [1.165, 1.54) is 0 Å². The lowest BCUT2D eigenvalue weighted by Gasteiger charge is -2.36. The minimum atomic E-state index is -0.146. The van der Waals surface area contributed by atoms with Gasteiger partial charge in [-0.15, -0.1) is 0 Å². The van der Waals surface area contributed by atoms with Crippen LogP contribution in [0.2, 0.25) is 0 Å². The van der Waals surface area contributed by atoms with Crippen molar-refractivity contribution in [3.8, 4) is 0 Å². The second-order valence-electron chi connectivity index (χ2n) is 8.19. The van der Waals surface area contributed by atoms with Crippen LogP contribution in [0, 0.1) is 0 Å². The van der Waals surface area contributed by atoms with Crippen LogP contribution in [0.1, 0.15) is 71.0 Å². The highest BCUT2D eigenvalue weighted by Gasteiger charge is 2.27. The molecule has 0 spiro atoms. The summed E-state index contributed by atoms with van der Waals surface area (Å²) in [6.07, 6.45) is 5.05. The number of aromatic nitrogens is 2. The Labute approximate surface area is 161 Å². The molecule has 0 aromatic carbocycles. The van der Waals surface area contributed by atoms with Crippen molar-refractivity contribution in [3.05, 3.63) is 11.7 Å². The Bertz CT molecular complexity index is 623. The molecule has 2 amide bonds. The molecule has 8 nitrogen and oxygen atoms in total. The van der Waals surface area contributed by atoms with E-state index < -0.39 is 0 Å². The molecule has 1 fully saturated rings. The highest BCUT2D eigenvalue weighted by molar-refractivity contribution is 5.77. The SMILES string of the molecule is CC(C)(C)c1noc(CCCC(=O)N2CCCCC2CNC(=O)CCN)n1. The summed E-state index contributed by atoms with van der Waals surface area (Å²) in [5.74, 6) is 1.34. The second-order valence-corrected chi connectivity index (χ2v) is 8.19. The molecular formula is C19H33N5O3. The van der Waals surface area contributed by atoms with Gasteiger partial charge in [-0.05, 0) is 25.7 Å². The summed E-state index contributed by atoms with van der Waals surface area (Å²) in [7, 11) is 0. The Kier molecular flexibility index (Phi) is 7.77. The fourth-order valence-electron chi connectivity index (χ4n) is 3.19. The number of amides is 2. The third-order valence-electron chi connectivity index (χ3n) is 4.77. The van der Waals surface area contributed by atoms with Crippen LogP contribution in [0.25, 0.3) is 0 Å². The molecule has 2 heterocycles. The number of rotatable bonds is 8. The summed E-state index contributed by atoms with van der Waals surface area (Å²) in [6.45, 7) is 7.70. The first-order chi connectivity index (χ1) is 12.8. The summed E-state index contributed by atoms with van der Waals surface area (Å²) in [5, 5.41) is 6.90. The molecule has 0 aliphatic carbocycles. The zero-order valence-electron chi connectivity index (χ0n) is 16.8. The molecule has 1 aromatic heterocycles. The molecule has 1 aliphatic heterocycles. The van der Waals surface area contributed by atoms with Crippen LogP contribution < -0.4 is 11.1 Å². The lowest BCUT2D eigenvalue weighted by Crippen LogP contribution is -2.49. The third-order valence-corrected chi connectivity index (χ3v) is 4.77. The average Bonchev–Trinajstić information content (AvgIpc) is 3.10. The van der Waals surface area contributed by atoms with E-state index in [9.17, 15) is 9.59 Å². The Morgan fingerprint density at radius 1 is 1.30 bits per heavy atom. The van der Waals surface area contributed by atoms with Crippen LogP contribution in [0.15, 0.2) is 4.52 Å². The number of aryl methyl sites for hydroxylation is 1. The van der Waals surface area contributed by atoms with Crippen LogP contribution in [-0.2, 0) is 21.4 Å². The normalized spacial score (nSPS) is 17.8. The molecule has 0 radical (unpaired) electrons. The number of hydrogen-bond donors (Lipinski definition) is 2. The maximum absolute atomic E-state index is 12.7. The highest BCUT2D eigenvalue weighted by atomic mass is 16.5. The van der Waals surface area contributed by atoms with Gasteiger partial charge >= 0.3 is 0 Å². The number of carbonyl (C=O) groups excluding carboxylic acids is 2. The van der Waals surface area contributed by atoms with Gasteiger partial charge in [0.1, 0.15) is 0 Å². The molecular weight excluding hydrogens is 346 g/mol. The standard InChI is InChI=1S/C19H33N5O3/c1-19(2,3)18-22-16(27-23-18)8-6-9-17(26)24-12-5-4-7-14(24)13-21-15(25)10-11-20/h14H,4-13,20H2,1-3H3,(H,21,25). The molecule has 1 unspecified atom stereocenters. The summed E-state index contributed by atoms with van der Waals surface area (Å²) < 4.78 is 5.28. The van der Waals surface area contributed by atoms with Gasteiger partial charge in [-0.1, -0.05) is 25.9 Å². The van der Waals surface area contributed by atoms with Crippen molar-refractivity contribution in [2.24, 2.45) is 5.73 Å². The van der Waals surface area contributed by atoms with E-state index in [2.05, 4.69) is 15.5 Å². The Morgan fingerprint density at radius 2 is 2.07 bits per heavy atom. The maximum Gasteiger partial charge on any atom is 0.226 e. The largest absolute Gasteiger partial charge is 0.354 e. The molecule has 27 heavy (non-hydrogen) atoms. The number of carbonyl (C=O) groups is 2. The quantitative estimate of drug-likeness (QED) is 0.708. The van der Waals surface area contributed by atoms with E-state index in [0.717, 1.165) is 25.8 Å². The predicted octanol–water partition coefficient (Wildman–Crippen LogP) is 1.54. The Balaban J connectivity index is 1.80. The molecule has 1 aromatic rings. The predicted molar refractivity (Wildman–Crippen MR) is 102 cm³/mol. The molecule has 1 saturated heterocycles. The van der Waals surface area contributed by atoms with Crippen LogP contribution in [0.3, 0.4) is 0 Å². The van der Waals surface area contributed by atoms with Crippen molar-refractivity contribution in [2.75, 3.05) is 19.6 Å². The van der Waals surface area contributed by atoms with Gasteiger partial charge in [0.15, 0.2) is 5.82 Å². The average molecular weight is 380 g/mol. The minimum absolute atomic E-state index is 0.0541. The second kappa shape index (κ2) is 9.82. The smallest absolute Gasteiger partial charge is 0.226 e. The first-order valence-corrected chi connectivity index (χ1v) is 9.90. The first kappa shape index (κ1) is 21.3. The Morgan fingerprint density at radius 3 is 2.74 bits per heavy atom. The van der Waals surface area contributed by atoms with Gasteiger partial charge in [0, 0.05) is 50.4 Å². The van der Waals surface area contributed by atoms with Crippen LogP contribution in [0.5, 0.6) is 0 Å². The number of likely N-dealkylation sites (tertiary alicyclic amines) is 1. The fraction of sp³-hybridized carbons (Fsp3) is 0.789. The van der Waals surface area contributed by atoms with Crippen molar-refractivity contribution >= 4 is 11.8 Å². The maximum atomic E-state index is 12.7. The lowest BCUT2D eigenvalue weighted by molar-refractivity contribution is -0.135. The molecule has 1 aliphatic rings. The van der Waals surface area contributed by atoms with E-state index in [4.69, 9.17) is 10.3 Å². The number of nitrogens with one attached hydrogen (secondary N) is 1. The zero-order chi connectivity index (χ0) is 19.9. The molecule has 152 valence electrons. The van der Waals surface area contributed by atoms with Gasteiger partial charge in [0.05, 0.1) is 0 Å². The number of nitrogens with zero attached hydrogens (tertiary/aromatic N) is 3. The Hall–Kier alpha value is -1.96. The molecule has 0 bridgehead atoms. The van der Waals surface area contributed by atoms with Gasteiger partial charge in [-0.3, -0.25) is 9.59 Å². The van der Waals surface area contributed by atoms with E-state index in [1.807, 2.05) is 25.7 Å². The lowest BCUT2D eigenvalue weighted by atomic mass is 9.96. The fourth-order valence-corrected chi connectivity index (χ4v) is 3.19. The van der Waals surface area contributed by atoms with E-state index in [0.29, 0.717) is 50.5 Å². The van der Waals surface area contributed by atoms with E-state index >= 15 is 0 Å². The first-order valence-electron chi connectivity index (χ1n) is 9.90. The van der Waals surface area contributed by atoms with Crippen molar-refractivity contribution < 1.29 is 14.1 Å². The topological polar surface area (TPSA) is 114 Å². The molecule has 0 saturated carbocycles. The summed E-state index contributed by atoms with van der Waals surface area (Å²) in [5.41, 5.74) is 5.25. The van der Waals surface area contributed by atoms with E-state index in [-0.39, 0.29) is 23.3 Å². The molecule has 1 atom stereocenters. The van der Waals surface area contributed by atoms with Gasteiger partial charge in [0.25, 0.3) is 0 Å². The van der Waals surface area contributed by atoms with Gasteiger partial charge in [0.2, 0.25) is 17.7 Å². The molecule has 8 heteroatoms.